The minimum Gasteiger partial charge on any atom is -0.320 e. The Kier molecular flexibility index (Phi) is 5.11. The molecule has 0 unspecified atom stereocenters. The van der Waals surface area contributed by atoms with E-state index in [-0.39, 0.29) is 10.8 Å². The van der Waals surface area contributed by atoms with Gasteiger partial charge in [-0.25, -0.2) is 8.42 Å². The highest BCUT2D eigenvalue weighted by atomic mass is 32.2. The number of anilines is 2. The number of nitrogens with zero attached hydrogens (tertiary/aromatic N) is 1. The van der Waals surface area contributed by atoms with Gasteiger partial charge in [-0.05, 0) is 49.2 Å². The molecule has 1 aromatic heterocycles. The number of hydrogen-bond acceptors (Lipinski definition) is 4. The van der Waals surface area contributed by atoms with Crippen molar-refractivity contribution in [2.45, 2.75) is 23.7 Å². The molecule has 0 saturated heterocycles. The molecule has 1 amide bonds. The second kappa shape index (κ2) is 8.09. The highest BCUT2D eigenvalue weighted by molar-refractivity contribution is 7.92. The summed E-state index contributed by atoms with van der Waals surface area (Å²) in [4.78, 5) is 18.2. The van der Waals surface area contributed by atoms with Crippen molar-refractivity contribution in [3.05, 3.63) is 96.2 Å². The summed E-state index contributed by atoms with van der Waals surface area (Å²) in [6.45, 7) is 0. The number of nitrogens with one attached hydrogen (secondary N) is 2. The van der Waals surface area contributed by atoms with Crippen molar-refractivity contribution in [2.24, 2.45) is 0 Å². The van der Waals surface area contributed by atoms with Crippen molar-refractivity contribution in [1.82, 2.24) is 4.98 Å². The van der Waals surface area contributed by atoms with E-state index in [4.69, 9.17) is 4.98 Å². The van der Waals surface area contributed by atoms with E-state index in [9.17, 15) is 13.2 Å². The van der Waals surface area contributed by atoms with Gasteiger partial charge in [-0.3, -0.25) is 14.5 Å². The molecule has 4 aromatic rings. The Balaban J connectivity index is 1.48. The van der Waals surface area contributed by atoms with E-state index >= 15 is 0 Å². The Bertz CT molecular complexity index is 1420. The van der Waals surface area contributed by atoms with Gasteiger partial charge in [0.05, 0.1) is 27.4 Å². The van der Waals surface area contributed by atoms with Crippen molar-refractivity contribution in [2.75, 3.05) is 10.0 Å². The average molecular weight is 444 g/mol. The van der Waals surface area contributed by atoms with E-state index in [1.807, 2.05) is 30.3 Å². The number of para-hydroxylation sites is 3. The van der Waals surface area contributed by atoms with Gasteiger partial charge in [0.15, 0.2) is 0 Å². The summed E-state index contributed by atoms with van der Waals surface area (Å²) in [6.07, 6.45) is 2.16. The van der Waals surface area contributed by atoms with E-state index in [0.717, 1.165) is 29.4 Å². The van der Waals surface area contributed by atoms with Gasteiger partial charge in [0.25, 0.3) is 15.9 Å². The zero-order valence-electron chi connectivity index (χ0n) is 17.2. The molecule has 1 aliphatic carbocycles. The quantitative estimate of drug-likeness (QED) is 0.431. The van der Waals surface area contributed by atoms with Crippen molar-refractivity contribution in [1.29, 1.82) is 0 Å². The fraction of sp³-hybridized carbons (Fsp3) is 0.120. The predicted octanol–water partition coefficient (Wildman–Crippen LogP) is 5.17. The first kappa shape index (κ1) is 20.2. The average Bonchev–Trinajstić information content (AvgIpc) is 3.66. The first-order valence-corrected chi connectivity index (χ1v) is 11.9. The van der Waals surface area contributed by atoms with E-state index in [1.165, 1.54) is 12.1 Å². The molecule has 7 heteroatoms. The molecule has 0 radical (unpaired) electrons. The van der Waals surface area contributed by atoms with Crippen LogP contribution in [-0.4, -0.2) is 19.3 Å². The fourth-order valence-electron chi connectivity index (χ4n) is 3.65. The van der Waals surface area contributed by atoms with Crippen LogP contribution in [0.2, 0.25) is 0 Å². The van der Waals surface area contributed by atoms with Crippen LogP contribution in [0.25, 0.3) is 10.9 Å². The Hall–Kier alpha value is -3.71. The molecule has 0 aliphatic heterocycles. The number of fused-ring (bicyclic) bond motifs is 1. The minimum absolute atomic E-state index is 0.148. The predicted molar refractivity (Wildman–Crippen MR) is 125 cm³/mol. The summed E-state index contributed by atoms with van der Waals surface area (Å²) in [7, 11) is -3.79. The summed E-state index contributed by atoms with van der Waals surface area (Å²) in [5.41, 5.74) is 2.90. The first-order chi connectivity index (χ1) is 15.5. The van der Waals surface area contributed by atoms with Crippen LogP contribution in [0.1, 0.15) is 34.8 Å². The molecule has 1 fully saturated rings. The lowest BCUT2D eigenvalue weighted by Gasteiger charge is -2.15. The van der Waals surface area contributed by atoms with E-state index in [1.54, 1.807) is 42.5 Å². The molecular formula is C25H21N3O3S. The van der Waals surface area contributed by atoms with Gasteiger partial charge in [-0.2, -0.15) is 0 Å². The van der Waals surface area contributed by atoms with Gasteiger partial charge in [0, 0.05) is 17.0 Å². The molecule has 0 bridgehead atoms. The monoisotopic (exact) mass is 443 g/mol. The van der Waals surface area contributed by atoms with Gasteiger partial charge in [-0.1, -0.05) is 48.5 Å². The summed E-state index contributed by atoms with van der Waals surface area (Å²) < 4.78 is 28.1. The Morgan fingerprint density at radius 2 is 1.50 bits per heavy atom. The zero-order valence-corrected chi connectivity index (χ0v) is 18.0. The van der Waals surface area contributed by atoms with Crippen molar-refractivity contribution < 1.29 is 13.2 Å². The number of hydrogen-bond donors (Lipinski definition) is 2. The lowest BCUT2D eigenvalue weighted by atomic mass is 10.1. The molecule has 160 valence electrons. The molecule has 2 N–H and O–H groups in total. The number of benzene rings is 3. The number of aromatic nitrogens is 1. The van der Waals surface area contributed by atoms with Crippen LogP contribution in [0.15, 0.2) is 89.8 Å². The van der Waals surface area contributed by atoms with Crippen molar-refractivity contribution >= 4 is 38.2 Å². The summed E-state index contributed by atoms with van der Waals surface area (Å²) >= 11 is 0. The number of carbonyl (C=O) groups is 1. The summed E-state index contributed by atoms with van der Waals surface area (Å²) in [5.74, 6) is 0.0907. The van der Waals surface area contributed by atoms with Crippen LogP contribution in [0.3, 0.4) is 0 Å². The van der Waals surface area contributed by atoms with E-state index < -0.39 is 10.0 Å². The van der Waals surface area contributed by atoms with Gasteiger partial charge >= 0.3 is 0 Å². The lowest BCUT2D eigenvalue weighted by molar-refractivity contribution is 0.102. The smallest absolute Gasteiger partial charge is 0.261 e. The largest absolute Gasteiger partial charge is 0.320 e. The van der Waals surface area contributed by atoms with E-state index in [0.29, 0.717) is 22.9 Å². The number of carbonyl (C=O) groups excluding carboxylic acids is 1. The maximum absolute atomic E-state index is 13.3. The number of sulfonamides is 1. The van der Waals surface area contributed by atoms with Gasteiger partial charge in [-0.15, -0.1) is 0 Å². The molecule has 6 nitrogen and oxygen atoms in total. The molecule has 0 atom stereocenters. The number of pyridine rings is 1. The van der Waals surface area contributed by atoms with Crippen LogP contribution >= 0.6 is 0 Å². The van der Waals surface area contributed by atoms with E-state index in [2.05, 4.69) is 10.0 Å². The molecular weight excluding hydrogens is 422 g/mol. The Morgan fingerprint density at radius 1 is 0.844 bits per heavy atom. The normalized spacial score (nSPS) is 13.6. The summed E-state index contributed by atoms with van der Waals surface area (Å²) in [5, 5.41) is 3.65. The minimum atomic E-state index is -3.79. The van der Waals surface area contributed by atoms with Crippen LogP contribution in [0, 0.1) is 0 Å². The van der Waals surface area contributed by atoms with Crippen LogP contribution in [0.4, 0.5) is 11.4 Å². The third-order valence-electron chi connectivity index (χ3n) is 5.45. The number of amides is 1. The van der Waals surface area contributed by atoms with Gasteiger partial charge in [0.2, 0.25) is 0 Å². The van der Waals surface area contributed by atoms with Gasteiger partial charge < -0.3 is 5.32 Å². The van der Waals surface area contributed by atoms with Crippen LogP contribution in [-0.2, 0) is 10.0 Å². The third-order valence-corrected chi connectivity index (χ3v) is 6.83. The Labute approximate surface area is 186 Å². The molecule has 3 aromatic carbocycles. The molecule has 0 spiro atoms. The second-order valence-corrected chi connectivity index (χ2v) is 9.49. The molecule has 5 rings (SSSR count). The number of rotatable bonds is 6. The maximum atomic E-state index is 13.3. The topological polar surface area (TPSA) is 88.2 Å². The van der Waals surface area contributed by atoms with Gasteiger partial charge in [0.1, 0.15) is 0 Å². The highest BCUT2D eigenvalue weighted by Gasteiger charge is 2.27. The SMILES string of the molecule is O=C(Nc1ccccc1NS(=O)(=O)c1ccccc1)c1cc(C2CC2)nc2ccccc12. The maximum Gasteiger partial charge on any atom is 0.261 e. The lowest BCUT2D eigenvalue weighted by Crippen LogP contribution is -2.17. The molecule has 32 heavy (non-hydrogen) atoms. The summed E-state index contributed by atoms with van der Waals surface area (Å²) in [6, 6.07) is 24.3. The second-order valence-electron chi connectivity index (χ2n) is 7.80. The van der Waals surface area contributed by atoms with Crippen molar-refractivity contribution in [3.63, 3.8) is 0 Å². The third kappa shape index (κ3) is 4.07. The zero-order chi connectivity index (χ0) is 22.1. The van der Waals surface area contributed by atoms with Crippen LogP contribution < -0.4 is 10.0 Å². The molecule has 1 aliphatic rings. The van der Waals surface area contributed by atoms with Crippen molar-refractivity contribution in [3.8, 4) is 0 Å². The first-order valence-electron chi connectivity index (χ1n) is 10.4. The molecule has 1 saturated carbocycles. The van der Waals surface area contributed by atoms with Crippen LogP contribution in [0.5, 0.6) is 0 Å². The Morgan fingerprint density at radius 3 is 2.25 bits per heavy atom. The highest BCUT2D eigenvalue weighted by Crippen LogP contribution is 2.40. The fourth-order valence-corrected chi connectivity index (χ4v) is 4.75. The molecule has 1 heterocycles. The standard InChI is InChI=1S/C25H21N3O3S/c29-25(20-16-24(17-14-15-17)26-21-11-5-4-10-19(20)21)27-22-12-6-7-13-23(22)28-32(30,31)18-8-2-1-3-9-18/h1-13,16-17,28H,14-15H2,(H,27,29).